The fraction of sp³-hybridized carbons (Fsp3) is 0.500. The highest BCUT2D eigenvalue weighted by Crippen LogP contribution is 2.47. The molecule has 1 aromatic carbocycles. The van der Waals surface area contributed by atoms with Crippen molar-refractivity contribution in [1.29, 1.82) is 0 Å². The third-order valence-electron chi connectivity index (χ3n) is 6.79. The maximum Gasteiger partial charge on any atom is 0.222 e. The number of nitrogens with one attached hydrogen (secondary N) is 1. The van der Waals surface area contributed by atoms with Gasteiger partial charge < -0.3 is 26.3 Å². The largest absolute Gasteiger partial charge is 0.496 e. The Bertz CT molecular complexity index is 1090. The van der Waals surface area contributed by atoms with Crippen LogP contribution in [0.1, 0.15) is 36.8 Å². The second-order valence-electron chi connectivity index (χ2n) is 8.64. The summed E-state index contributed by atoms with van der Waals surface area (Å²) in [6, 6.07) is 6.84. The Morgan fingerprint density at radius 1 is 1.29 bits per heavy atom. The normalized spacial score (nSPS) is 20.1. The van der Waals surface area contributed by atoms with Crippen molar-refractivity contribution in [3.05, 3.63) is 35.5 Å². The average molecular weight is 424 g/mol. The zero-order chi connectivity index (χ0) is 21.4. The molecule has 31 heavy (non-hydrogen) atoms. The highest BCUT2D eigenvalue weighted by atomic mass is 16.5. The van der Waals surface area contributed by atoms with Crippen LogP contribution < -0.4 is 21.5 Å². The lowest BCUT2D eigenvalue weighted by atomic mass is 9.63. The van der Waals surface area contributed by atoms with Crippen LogP contribution in [-0.2, 0) is 17.8 Å². The maximum atomic E-state index is 6.06. The van der Waals surface area contributed by atoms with Gasteiger partial charge in [0.15, 0.2) is 5.82 Å². The molecule has 0 bridgehead atoms. The molecule has 9 nitrogen and oxygen atoms in total. The molecule has 2 aromatic heterocycles. The number of ether oxygens (including phenoxy) is 2. The first kappa shape index (κ1) is 20.0. The van der Waals surface area contributed by atoms with Crippen LogP contribution in [0.5, 0.6) is 5.75 Å². The van der Waals surface area contributed by atoms with Crippen LogP contribution >= 0.6 is 0 Å². The molecule has 1 aliphatic carbocycles. The minimum Gasteiger partial charge on any atom is -0.496 e. The molecule has 164 valence electrons. The number of fused-ring (bicyclic) bond motifs is 1. The van der Waals surface area contributed by atoms with Crippen molar-refractivity contribution in [1.82, 2.24) is 25.1 Å². The van der Waals surface area contributed by atoms with Crippen LogP contribution in [0.4, 0.5) is 11.8 Å². The Balaban J connectivity index is 1.32. The second kappa shape index (κ2) is 7.97. The number of hydrogen-bond acceptors (Lipinski definition) is 8. The number of hydrogen-bond donors (Lipinski definition) is 3. The van der Waals surface area contributed by atoms with E-state index in [2.05, 4.69) is 38.6 Å². The van der Waals surface area contributed by atoms with Gasteiger partial charge in [-0.2, -0.15) is 10.1 Å². The van der Waals surface area contributed by atoms with Crippen LogP contribution in [0.3, 0.4) is 0 Å². The van der Waals surface area contributed by atoms with E-state index in [-0.39, 0.29) is 5.95 Å². The fourth-order valence-electron chi connectivity index (χ4n) is 4.92. The van der Waals surface area contributed by atoms with E-state index < -0.39 is 0 Å². The van der Waals surface area contributed by atoms with Crippen molar-refractivity contribution < 1.29 is 9.47 Å². The topological polar surface area (TPSA) is 126 Å². The molecule has 1 spiro atoms. The molecule has 2 fully saturated rings. The van der Waals surface area contributed by atoms with Gasteiger partial charge in [0, 0.05) is 30.2 Å². The van der Waals surface area contributed by atoms with Gasteiger partial charge >= 0.3 is 0 Å². The molecule has 1 saturated carbocycles. The lowest BCUT2D eigenvalue weighted by Gasteiger charge is -2.50. The molecule has 3 heterocycles. The van der Waals surface area contributed by atoms with Gasteiger partial charge in [-0.1, -0.05) is 18.6 Å². The van der Waals surface area contributed by atoms with Crippen LogP contribution in [0, 0.1) is 5.41 Å². The number of nitrogens with zero attached hydrogens (tertiary/aromatic N) is 4. The third-order valence-corrected chi connectivity index (χ3v) is 6.79. The van der Waals surface area contributed by atoms with Gasteiger partial charge in [0.05, 0.1) is 26.5 Å². The van der Waals surface area contributed by atoms with Gasteiger partial charge in [-0.3, -0.25) is 4.68 Å². The SMILES string of the molecule is COc1cc(CNC2CCOCC23CCC3)ccc1Cn1ncc2nc(N)nc(N)c21. The van der Waals surface area contributed by atoms with Crippen LogP contribution in [-0.4, -0.2) is 46.1 Å². The quantitative estimate of drug-likeness (QED) is 0.550. The molecule has 2 aliphatic rings. The fourth-order valence-corrected chi connectivity index (χ4v) is 4.92. The van der Waals surface area contributed by atoms with E-state index in [1.165, 1.54) is 24.8 Å². The summed E-state index contributed by atoms with van der Waals surface area (Å²) in [6.45, 7) is 3.05. The third kappa shape index (κ3) is 3.68. The van der Waals surface area contributed by atoms with Crippen LogP contribution in [0.25, 0.3) is 11.0 Å². The Morgan fingerprint density at radius 3 is 2.94 bits per heavy atom. The molecule has 3 aromatic rings. The van der Waals surface area contributed by atoms with Gasteiger partial charge in [0.25, 0.3) is 0 Å². The Morgan fingerprint density at radius 2 is 2.16 bits per heavy atom. The first-order valence-corrected chi connectivity index (χ1v) is 10.8. The minimum atomic E-state index is 0.146. The van der Waals surface area contributed by atoms with Gasteiger partial charge in [0.2, 0.25) is 5.95 Å². The Kier molecular flexibility index (Phi) is 5.15. The smallest absolute Gasteiger partial charge is 0.222 e. The van der Waals surface area contributed by atoms with Crippen LogP contribution in [0.15, 0.2) is 24.4 Å². The number of rotatable bonds is 6. The van der Waals surface area contributed by atoms with Gasteiger partial charge in [-0.15, -0.1) is 0 Å². The Hall–Kier alpha value is -2.91. The zero-order valence-electron chi connectivity index (χ0n) is 17.8. The predicted molar refractivity (Wildman–Crippen MR) is 119 cm³/mol. The second-order valence-corrected chi connectivity index (χ2v) is 8.64. The summed E-state index contributed by atoms with van der Waals surface area (Å²) in [6.07, 6.45) is 6.58. The molecular formula is C22H29N7O2. The van der Waals surface area contributed by atoms with Gasteiger partial charge in [-0.25, -0.2) is 4.98 Å². The van der Waals surface area contributed by atoms with E-state index in [1.54, 1.807) is 18.0 Å². The number of nitrogens with two attached hydrogens (primary N) is 2. The summed E-state index contributed by atoms with van der Waals surface area (Å²) in [5, 5.41) is 8.20. The van der Waals surface area contributed by atoms with Gasteiger partial charge in [0.1, 0.15) is 16.8 Å². The van der Waals surface area contributed by atoms with Crippen molar-refractivity contribution in [2.75, 3.05) is 31.8 Å². The summed E-state index contributed by atoms with van der Waals surface area (Å²) in [5.74, 6) is 1.29. The number of methoxy groups -OCH3 is 1. The molecular weight excluding hydrogens is 394 g/mol. The van der Waals surface area contributed by atoms with E-state index in [4.69, 9.17) is 20.9 Å². The van der Waals surface area contributed by atoms with E-state index in [0.29, 0.717) is 34.9 Å². The zero-order valence-corrected chi connectivity index (χ0v) is 17.8. The molecule has 1 aliphatic heterocycles. The highest BCUT2D eigenvalue weighted by Gasteiger charge is 2.45. The highest BCUT2D eigenvalue weighted by molar-refractivity contribution is 5.85. The van der Waals surface area contributed by atoms with Crippen molar-refractivity contribution in [2.45, 2.75) is 44.8 Å². The average Bonchev–Trinajstić information content (AvgIpc) is 3.14. The minimum absolute atomic E-state index is 0.146. The summed E-state index contributed by atoms with van der Waals surface area (Å²) in [7, 11) is 1.69. The molecule has 5 N–H and O–H groups in total. The Labute approximate surface area is 181 Å². The molecule has 5 rings (SSSR count). The lowest BCUT2D eigenvalue weighted by Crippen LogP contribution is -2.55. The molecule has 1 atom stereocenters. The van der Waals surface area contributed by atoms with E-state index >= 15 is 0 Å². The number of nitrogen functional groups attached to an aromatic ring is 2. The molecule has 1 saturated heterocycles. The van der Waals surface area contributed by atoms with Gasteiger partial charge in [-0.05, 0) is 30.9 Å². The lowest BCUT2D eigenvalue weighted by molar-refractivity contribution is -0.0780. The van der Waals surface area contributed by atoms with E-state index in [9.17, 15) is 0 Å². The first-order chi connectivity index (χ1) is 15.1. The number of benzene rings is 1. The summed E-state index contributed by atoms with van der Waals surface area (Å²) in [5.41, 5.74) is 15.6. The van der Waals surface area contributed by atoms with Crippen molar-refractivity contribution in [3.63, 3.8) is 0 Å². The monoisotopic (exact) mass is 423 g/mol. The summed E-state index contributed by atoms with van der Waals surface area (Å²) >= 11 is 0. The van der Waals surface area contributed by atoms with Crippen LogP contribution in [0.2, 0.25) is 0 Å². The number of aromatic nitrogens is 4. The van der Waals surface area contributed by atoms with Crippen molar-refractivity contribution in [3.8, 4) is 5.75 Å². The summed E-state index contributed by atoms with van der Waals surface area (Å²) in [4.78, 5) is 8.26. The molecule has 0 radical (unpaired) electrons. The van der Waals surface area contributed by atoms with E-state index in [1.807, 2.05) is 0 Å². The van der Waals surface area contributed by atoms with E-state index in [0.717, 1.165) is 37.5 Å². The molecule has 0 amide bonds. The first-order valence-electron chi connectivity index (χ1n) is 10.8. The standard InChI is InChI=1S/C22H29N7O2/c1-30-17-9-14(10-25-18-5-8-31-13-22(18)6-2-7-22)3-4-15(17)12-29-19-16(11-26-29)27-21(24)28-20(19)23/h3-4,9,11,18,25H,2,5-8,10,12-13H2,1H3,(H4,23,24,27,28). The van der Waals surface area contributed by atoms with Crippen molar-refractivity contribution in [2.24, 2.45) is 5.41 Å². The maximum absolute atomic E-state index is 6.06. The van der Waals surface area contributed by atoms with Crippen molar-refractivity contribution >= 4 is 22.8 Å². The predicted octanol–water partition coefficient (Wildman–Crippen LogP) is 2.10. The number of anilines is 2. The molecule has 1 unspecified atom stereocenters. The molecule has 9 heteroatoms. The summed E-state index contributed by atoms with van der Waals surface area (Å²) < 4.78 is 13.2.